The van der Waals surface area contributed by atoms with Crippen LogP contribution in [0, 0.1) is 0 Å². The number of hydrogen-bond donors (Lipinski definition) is 1. The molecule has 1 aliphatic heterocycles. The summed E-state index contributed by atoms with van der Waals surface area (Å²) in [6, 6.07) is 19.1. The number of phenols is 1. The Bertz CT molecular complexity index is 970. The van der Waals surface area contributed by atoms with Crippen molar-refractivity contribution in [2.45, 2.75) is 9.79 Å². The Morgan fingerprint density at radius 3 is 2.40 bits per heavy atom. The summed E-state index contributed by atoms with van der Waals surface area (Å²) < 4.78 is 0. The van der Waals surface area contributed by atoms with Gasteiger partial charge in [0.05, 0.1) is 17.1 Å². The van der Waals surface area contributed by atoms with Crippen molar-refractivity contribution in [3.8, 4) is 5.75 Å². The number of rotatable bonds is 2. The summed E-state index contributed by atoms with van der Waals surface area (Å²) in [5.74, 6) is 0.252. The lowest BCUT2D eigenvalue weighted by Crippen LogP contribution is -2.14. The molecule has 0 radical (unpaired) electrons. The first-order chi connectivity index (χ1) is 12.1. The zero-order valence-electron chi connectivity index (χ0n) is 13.5. The Balaban J connectivity index is 1.65. The minimum absolute atomic E-state index is 0.252. The second kappa shape index (κ2) is 6.47. The van der Waals surface area contributed by atoms with E-state index in [-0.39, 0.29) is 5.75 Å². The van der Waals surface area contributed by atoms with Gasteiger partial charge in [-0.05, 0) is 66.2 Å². The van der Waals surface area contributed by atoms with Crippen LogP contribution in [-0.4, -0.2) is 18.4 Å². The molecule has 25 heavy (non-hydrogen) atoms. The second-order valence-corrected chi connectivity index (χ2v) is 7.30. The number of fused-ring (bicyclic) bond motifs is 2. The van der Waals surface area contributed by atoms with Gasteiger partial charge in [0, 0.05) is 28.1 Å². The van der Waals surface area contributed by atoms with E-state index in [1.165, 1.54) is 0 Å². The smallest absolute Gasteiger partial charge is 0.115 e. The summed E-state index contributed by atoms with van der Waals surface area (Å²) in [6.45, 7) is 0. The van der Waals surface area contributed by atoms with E-state index >= 15 is 0 Å². The van der Waals surface area contributed by atoms with Gasteiger partial charge in [-0.1, -0.05) is 23.4 Å². The minimum atomic E-state index is 0.252. The van der Waals surface area contributed by atoms with Crippen molar-refractivity contribution >= 4 is 46.6 Å². The van der Waals surface area contributed by atoms with Crippen LogP contribution in [0.25, 0.3) is 0 Å². The van der Waals surface area contributed by atoms with Gasteiger partial charge < -0.3 is 10.0 Å². The Morgan fingerprint density at radius 2 is 1.64 bits per heavy atom. The van der Waals surface area contributed by atoms with Gasteiger partial charge in [0.1, 0.15) is 5.75 Å². The van der Waals surface area contributed by atoms with Crippen molar-refractivity contribution in [2.75, 3.05) is 11.9 Å². The van der Waals surface area contributed by atoms with Crippen molar-refractivity contribution in [1.29, 1.82) is 0 Å². The van der Waals surface area contributed by atoms with Gasteiger partial charge in [-0.3, -0.25) is 4.99 Å². The van der Waals surface area contributed by atoms with Crippen molar-refractivity contribution in [3.63, 3.8) is 0 Å². The summed E-state index contributed by atoms with van der Waals surface area (Å²) in [5.41, 5.74) is 4.14. The van der Waals surface area contributed by atoms with E-state index < -0.39 is 0 Å². The van der Waals surface area contributed by atoms with Crippen LogP contribution in [0.2, 0.25) is 5.02 Å². The van der Waals surface area contributed by atoms with E-state index in [1.807, 2.05) is 36.4 Å². The third-order valence-electron chi connectivity index (χ3n) is 4.06. The first-order valence-corrected chi connectivity index (χ1v) is 8.98. The van der Waals surface area contributed by atoms with Gasteiger partial charge in [-0.2, -0.15) is 0 Å². The topological polar surface area (TPSA) is 35.8 Å². The lowest BCUT2D eigenvalue weighted by atomic mass is 10.2. The zero-order chi connectivity index (χ0) is 17.4. The molecule has 1 aliphatic rings. The van der Waals surface area contributed by atoms with E-state index in [0.717, 1.165) is 37.4 Å². The average Bonchev–Trinajstić information content (AvgIpc) is 2.61. The molecule has 0 spiro atoms. The highest BCUT2D eigenvalue weighted by Gasteiger charge is 2.21. The molecule has 3 aromatic rings. The quantitative estimate of drug-likeness (QED) is 0.562. The van der Waals surface area contributed by atoms with Crippen molar-refractivity contribution in [3.05, 3.63) is 71.2 Å². The van der Waals surface area contributed by atoms with Crippen LogP contribution in [0.3, 0.4) is 0 Å². The van der Waals surface area contributed by atoms with E-state index in [9.17, 15) is 5.11 Å². The third kappa shape index (κ3) is 3.23. The lowest BCUT2D eigenvalue weighted by Gasteiger charge is -2.29. The Labute approximate surface area is 155 Å². The molecular formula is C20H15ClN2OS. The van der Waals surface area contributed by atoms with Crippen LogP contribution in [-0.2, 0) is 0 Å². The SMILES string of the molecule is CN1c2ccc(Cl)cc2Sc2cc(N=Cc3ccc(O)cc3)ccc21. The van der Waals surface area contributed by atoms with Gasteiger partial charge in [0.25, 0.3) is 0 Å². The molecule has 0 bridgehead atoms. The van der Waals surface area contributed by atoms with Crippen molar-refractivity contribution < 1.29 is 5.11 Å². The number of benzene rings is 3. The molecule has 4 rings (SSSR count). The van der Waals surface area contributed by atoms with Crippen LogP contribution in [0.15, 0.2) is 75.4 Å². The largest absolute Gasteiger partial charge is 0.508 e. The second-order valence-electron chi connectivity index (χ2n) is 5.77. The monoisotopic (exact) mass is 366 g/mol. The molecule has 1 heterocycles. The fraction of sp³-hybridized carbons (Fsp3) is 0.0500. The number of anilines is 2. The molecule has 0 unspecified atom stereocenters. The molecule has 5 heteroatoms. The zero-order valence-corrected chi connectivity index (χ0v) is 15.1. The van der Waals surface area contributed by atoms with Crippen LogP contribution < -0.4 is 4.90 Å². The fourth-order valence-electron chi connectivity index (χ4n) is 2.75. The molecule has 3 aromatic carbocycles. The third-order valence-corrected chi connectivity index (χ3v) is 5.39. The molecule has 1 N–H and O–H groups in total. The van der Waals surface area contributed by atoms with E-state index in [1.54, 1.807) is 30.1 Å². The predicted octanol–water partition coefficient (Wildman–Crippen LogP) is 6.03. The number of aromatic hydroxyl groups is 1. The molecule has 3 nitrogen and oxygen atoms in total. The molecule has 0 aliphatic carbocycles. The molecule has 0 atom stereocenters. The van der Waals surface area contributed by atoms with Crippen LogP contribution >= 0.6 is 23.4 Å². The van der Waals surface area contributed by atoms with E-state index in [4.69, 9.17) is 11.6 Å². The summed E-state index contributed by atoms with van der Waals surface area (Å²) in [7, 11) is 2.06. The van der Waals surface area contributed by atoms with Crippen LogP contribution in [0.1, 0.15) is 5.56 Å². The highest BCUT2D eigenvalue weighted by molar-refractivity contribution is 7.99. The minimum Gasteiger partial charge on any atom is -0.508 e. The van der Waals surface area contributed by atoms with Gasteiger partial charge in [-0.15, -0.1) is 0 Å². The molecule has 0 saturated carbocycles. The molecular weight excluding hydrogens is 352 g/mol. The molecule has 124 valence electrons. The summed E-state index contributed by atoms with van der Waals surface area (Å²) in [6.07, 6.45) is 1.79. The number of nitrogens with zero attached hydrogens (tertiary/aromatic N) is 2. The number of halogens is 1. The maximum absolute atomic E-state index is 9.34. The fourth-order valence-corrected chi connectivity index (χ4v) is 4.20. The number of phenolic OH excluding ortho intramolecular Hbond substituents is 1. The Kier molecular flexibility index (Phi) is 4.15. The normalized spacial score (nSPS) is 13.0. The standard InChI is InChI=1S/C20H15ClN2OS/c1-23-17-8-4-14(21)10-19(17)25-20-11-15(5-9-18(20)23)22-12-13-2-6-16(24)7-3-13/h2-12,24H,1H3. The highest BCUT2D eigenvalue weighted by Crippen LogP contribution is 2.49. The predicted molar refractivity (Wildman–Crippen MR) is 105 cm³/mol. The van der Waals surface area contributed by atoms with Gasteiger partial charge in [0.2, 0.25) is 0 Å². The van der Waals surface area contributed by atoms with Gasteiger partial charge >= 0.3 is 0 Å². The van der Waals surface area contributed by atoms with Crippen molar-refractivity contribution in [2.24, 2.45) is 4.99 Å². The first kappa shape index (κ1) is 16.1. The molecule has 0 amide bonds. The summed E-state index contributed by atoms with van der Waals surface area (Å²) in [4.78, 5) is 9.01. The Morgan fingerprint density at radius 1 is 0.960 bits per heavy atom. The lowest BCUT2D eigenvalue weighted by molar-refractivity contribution is 0.475. The Hall–Kier alpha value is -2.43. The first-order valence-electron chi connectivity index (χ1n) is 7.78. The summed E-state index contributed by atoms with van der Waals surface area (Å²) >= 11 is 7.84. The van der Waals surface area contributed by atoms with Crippen LogP contribution in [0.5, 0.6) is 5.75 Å². The van der Waals surface area contributed by atoms with Crippen molar-refractivity contribution in [1.82, 2.24) is 0 Å². The van der Waals surface area contributed by atoms with Crippen LogP contribution in [0.4, 0.5) is 17.1 Å². The number of aliphatic imine (C=N–C) groups is 1. The van der Waals surface area contributed by atoms with Gasteiger partial charge in [0.15, 0.2) is 0 Å². The highest BCUT2D eigenvalue weighted by atomic mass is 35.5. The number of hydrogen-bond acceptors (Lipinski definition) is 4. The van der Waals surface area contributed by atoms with E-state index in [2.05, 4.69) is 29.1 Å². The summed E-state index contributed by atoms with van der Waals surface area (Å²) in [5, 5.41) is 10.1. The maximum atomic E-state index is 9.34. The van der Waals surface area contributed by atoms with E-state index in [0.29, 0.717) is 0 Å². The van der Waals surface area contributed by atoms with Gasteiger partial charge in [-0.25, -0.2) is 0 Å². The molecule has 0 fully saturated rings. The average molecular weight is 367 g/mol. The molecule has 0 saturated heterocycles. The molecule has 0 aromatic heterocycles. The maximum Gasteiger partial charge on any atom is 0.115 e.